The molecule has 0 aromatic rings. The molecular weight excluding hydrogens is 195 g/mol. The zero-order valence-electron chi connectivity index (χ0n) is 8.91. The van der Waals surface area contributed by atoms with Crippen LogP contribution in [0.15, 0.2) is 0 Å². The number of carboxylic acids is 2. The van der Waals surface area contributed by atoms with Crippen molar-refractivity contribution in [2.75, 3.05) is 0 Å². The second-order valence-corrected chi connectivity index (χ2v) is 4.24. The van der Waals surface area contributed by atoms with Crippen LogP contribution in [0, 0.1) is 11.3 Å². The van der Waals surface area contributed by atoms with Crippen molar-refractivity contribution in [1.82, 2.24) is 0 Å². The molecule has 2 N–H and O–H groups in total. The minimum atomic E-state index is -1.25. The summed E-state index contributed by atoms with van der Waals surface area (Å²) in [4.78, 5) is 21.8. The second-order valence-electron chi connectivity index (χ2n) is 3.53. The molecule has 0 radical (unpaired) electrons. The molecular formula is C9H15NaO4. The fourth-order valence-electron chi connectivity index (χ4n) is 1.99. The van der Waals surface area contributed by atoms with Gasteiger partial charge in [-0.2, -0.15) is 0 Å². The summed E-state index contributed by atoms with van der Waals surface area (Å²) in [6.45, 7) is 3.72. The van der Waals surface area contributed by atoms with Gasteiger partial charge in [-0.05, 0) is 0 Å². The molecule has 0 saturated carbocycles. The summed E-state index contributed by atoms with van der Waals surface area (Å²) in [5.74, 6) is -3.68. The van der Waals surface area contributed by atoms with Gasteiger partial charge in [0.1, 0.15) is 0 Å². The molecule has 0 aliphatic rings. The number of aliphatic carboxylic acids is 2. The summed E-state index contributed by atoms with van der Waals surface area (Å²) in [7, 11) is 0. The van der Waals surface area contributed by atoms with Crippen LogP contribution in [-0.2, 0) is 9.59 Å². The maximum atomic E-state index is 10.9. The molecule has 0 saturated heterocycles. The first-order valence-electron chi connectivity index (χ1n) is 4.90. The molecule has 0 aromatic heterocycles. The van der Waals surface area contributed by atoms with E-state index in [1.807, 2.05) is 13.8 Å². The standard InChI is InChI=1S/C9H15O4.Na/c1-4-9(3,5-2)6(7(10)11)8(12)13;/h6H,3-5H2,1-2H3,(H,10,11)(H,12,13);. The third-order valence-corrected chi connectivity index (χ3v) is 4.63. The molecule has 0 amide bonds. The van der Waals surface area contributed by atoms with Crippen LogP contribution >= 0.6 is 0 Å². The number of carboxylic acid groups (broad SMARTS) is 2. The Kier molecular flexibility index (Phi) is 5.71. The van der Waals surface area contributed by atoms with Crippen molar-refractivity contribution in [3.8, 4) is 0 Å². The molecule has 0 spiro atoms. The molecule has 14 heavy (non-hydrogen) atoms. The van der Waals surface area contributed by atoms with Gasteiger partial charge in [-0.15, -0.1) is 0 Å². The first-order chi connectivity index (χ1) is 6.45. The quantitative estimate of drug-likeness (QED) is 0.509. The van der Waals surface area contributed by atoms with E-state index in [-0.39, 0.29) is 0 Å². The monoisotopic (exact) mass is 210 g/mol. The molecule has 0 aromatic carbocycles. The molecule has 0 bridgehead atoms. The molecule has 5 heteroatoms. The zero-order chi connectivity index (χ0) is 11.4. The van der Waals surface area contributed by atoms with E-state index >= 15 is 0 Å². The van der Waals surface area contributed by atoms with E-state index in [1.165, 1.54) is 0 Å². The zero-order valence-corrected chi connectivity index (χ0v) is 10.9. The molecule has 0 atom stereocenters. The Bertz CT molecular complexity index is 201. The molecule has 0 aliphatic carbocycles. The Morgan fingerprint density at radius 2 is 1.57 bits per heavy atom. The van der Waals surface area contributed by atoms with Crippen LogP contribution in [0.25, 0.3) is 0 Å². The van der Waals surface area contributed by atoms with E-state index in [9.17, 15) is 9.59 Å². The molecule has 0 heterocycles. The Hall–Kier alpha value is -0.0600. The molecule has 76 valence electrons. The Morgan fingerprint density at radius 1 is 1.21 bits per heavy atom. The summed E-state index contributed by atoms with van der Waals surface area (Å²) in [6, 6.07) is 0. The Balaban J connectivity index is 5.10. The van der Waals surface area contributed by atoms with Gasteiger partial charge in [0, 0.05) is 0 Å². The van der Waals surface area contributed by atoms with E-state index in [0.717, 1.165) is 27.9 Å². The second kappa shape index (κ2) is 5.73. The van der Waals surface area contributed by atoms with Gasteiger partial charge in [-0.3, -0.25) is 0 Å². The average molecular weight is 210 g/mol. The van der Waals surface area contributed by atoms with Crippen LogP contribution in [0.5, 0.6) is 0 Å². The van der Waals surface area contributed by atoms with Gasteiger partial charge >= 0.3 is 101 Å². The van der Waals surface area contributed by atoms with Gasteiger partial charge < -0.3 is 0 Å². The van der Waals surface area contributed by atoms with Gasteiger partial charge in [0.05, 0.1) is 0 Å². The number of hydrogen-bond acceptors (Lipinski definition) is 2. The normalized spacial score (nSPS) is 11.8. The van der Waals surface area contributed by atoms with Crippen LogP contribution in [0.3, 0.4) is 0 Å². The van der Waals surface area contributed by atoms with Crippen molar-refractivity contribution in [2.24, 2.45) is 11.3 Å². The van der Waals surface area contributed by atoms with E-state index < -0.39 is 23.3 Å². The molecule has 0 fully saturated rings. The predicted molar refractivity (Wildman–Crippen MR) is 52.3 cm³/mol. The van der Waals surface area contributed by atoms with E-state index in [0.29, 0.717) is 16.5 Å². The van der Waals surface area contributed by atoms with E-state index in [2.05, 4.69) is 0 Å². The van der Waals surface area contributed by atoms with E-state index in [1.54, 1.807) is 0 Å². The number of rotatable bonds is 6. The SMILES string of the molecule is CCC(CC)([CH2][Na])C(C(=O)O)C(=O)O. The van der Waals surface area contributed by atoms with Crippen molar-refractivity contribution in [3.05, 3.63) is 0 Å². The van der Waals surface area contributed by atoms with Gasteiger partial charge in [0.2, 0.25) is 0 Å². The topological polar surface area (TPSA) is 74.6 Å². The summed E-state index contributed by atoms with van der Waals surface area (Å²) >= 11 is 0.828. The molecule has 0 aliphatic heterocycles. The van der Waals surface area contributed by atoms with Gasteiger partial charge in [-0.25, -0.2) is 0 Å². The van der Waals surface area contributed by atoms with E-state index in [4.69, 9.17) is 10.2 Å². The first kappa shape index (κ1) is 13.9. The molecule has 0 unspecified atom stereocenters. The summed E-state index contributed by atoms with van der Waals surface area (Å²) in [5.41, 5.74) is -0.552. The third-order valence-electron chi connectivity index (χ3n) is 3.22. The molecule has 4 nitrogen and oxygen atoms in total. The summed E-state index contributed by atoms with van der Waals surface area (Å²) in [6.07, 6.45) is 1.21. The van der Waals surface area contributed by atoms with Crippen LogP contribution in [0.4, 0.5) is 0 Å². The average Bonchev–Trinajstić information content (AvgIpc) is 2.12. The number of hydrogen-bond donors (Lipinski definition) is 2. The van der Waals surface area contributed by atoms with Crippen LogP contribution in [-0.4, -0.2) is 50.1 Å². The minimum absolute atomic E-state index is 0.552. The van der Waals surface area contributed by atoms with Crippen LogP contribution in [0.1, 0.15) is 26.7 Å². The van der Waals surface area contributed by atoms with Gasteiger partial charge in [0.25, 0.3) is 0 Å². The predicted octanol–water partition coefficient (Wildman–Crippen LogP) is 1.16. The van der Waals surface area contributed by atoms with Crippen LogP contribution < -0.4 is 0 Å². The van der Waals surface area contributed by atoms with Crippen molar-refractivity contribution < 1.29 is 19.8 Å². The maximum absolute atomic E-state index is 10.9. The molecule has 0 rings (SSSR count). The fourth-order valence-corrected chi connectivity index (χ4v) is 3.40. The summed E-state index contributed by atoms with van der Waals surface area (Å²) in [5, 5.41) is 17.8. The first-order valence-corrected chi connectivity index (χ1v) is 6.32. The third kappa shape index (κ3) is 2.72. The van der Waals surface area contributed by atoms with Gasteiger partial charge in [0.15, 0.2) is 0 Å². The summed E-state index contributed by atoms with van der Waals surface area (Å²) < 4.78 is 0.712. The van der Waals surface area contributed by atoms with Crippen molar-refractivity contribution in [3.63, 3.8) is 0 Å². The van der Waals surface area contributed by atoms with Crippen molar-refractivity contribution in [2.45, 2.75) is 30.4 Å². The van der Waals surface area contributed by atoms with Gasteiger partial charge in [-0.1, -0.05) is 0 Å². The van der Waals surface area contributed by atoms with Crippen LogP contribution in [0.2, 0.25) is 3.67 Å². The Morgan fingerprint density at radius 3 is 1.64 bits per heavy atom. The number of carbonyl (C=O) groups is 2. The van der Waals surface area contributed by atoms with Crippen molar-refractivity contribution >= 4 is 39.9 Å². The fraction of sp³-hybridized carbons (Fsp3) is 0.778. The Labute approximate surface area is 101 Å². The van der Waals surface area contributed by atoms with Crippen molar-refractivity contribution in [1.29, 1.82) is 0 Å².